The number of halogens is 1. The molecule has 0 radical (unpaired) electrons. The van der Waals surface area contributed by atoms with Crippen molar-refractivity contribution in [1.29, 1.82) is 0 Å². The smallest absolute Gasteiger partial charge is 0.346 e. The van der Waals surface area contributed by atoms with Gasteiger partial charge in [-0.1, -0.05) is 35.9 Å². The number of esters is 1. The molecule has 196 valence electrons. The molecule has 0 aliphatic carbocycles. The van der Waals surface area contributed by atoms with Gasteiger partial charge in [0.25, 0.3) is 5.56 Å². The molecule has 0 aliphatic heterocycles. The molecule has 0 N–H and O–H groups in total. The zero-order valence-electron chi connectivity index (χ0n) is 21.8. The molecule has 8 nitrogen and oxygen atoms in total. The van der Waals surface area contributed by atoms with Crippen LogP contribution in [0.2, 0.25) is 0 Å². The summed E-state index contributed by atoms with van der Waals surface area (Å²) in [4.78, 5) is 30.2. The van der Waals surface area contributed by atoms with Crippen molar-refractivity contribution < 1.29 is 19.0 Å². The molecule has 3 aromatic rings. The number of methoxy groups -OCH3 is 1. The van der Waals surface area contributed by atoms with Crippen molar-refractivity contribution in [2.24, 2.45) is 5.10 Å². The maximum Gasteiger partial charge on any atom is 0.346 e. The molecule has 1 heterocycles. The number of benzene rings is 2. The lowest BCUT2D eigenvalue weighted by Gasteiger charge is -2.19. The molecule has 9 heteroatoms. The highest BCUT2D eigenvalue weighted by atomic mass is 79.9. The van der Waals surface area contributed by atoms with Gasteiger partial charge < -0.3 is 14.2 Å². The maximum absolute atomic E-state index is 13.4. The lowest BCUT2D eigenvalue weighted by Crippen LogP contribution is -2.25. The van der Waals surface area contributed by atoms with Gasteiger partial charge in [0.15, 0.2) is 17.6 Å². The quantitative estimate of drug-likeness (QED) is 0.169. The third kappa shape index (κ3) is 6.46. The van der Waals surface area contributed by atoms with Crippen LogP contribution in [0, 0.1) is 0 Å². The van der Waals surface area contributed by atoms with E-state index in [1.807, 2.05) is 39.0 Å². The number of ether oxygens (including phenoxy) is 3. The van der Waals surface area contributed by atoms with Crippen molar-refractivity contribution in [3.63, 3.8) is 0 Å². The number of aromatic nitrogens is 2. The minimum absolute atomic E-state index is 0.0174. The molecule has 1 aromatic heterocycles. The van der Waals surface area contributed by atoms with Crippen LogP contribution in [0.15, 0.2) is 57.4 Å². The highest BCUT2D eigenvalue weighted by Gasteiger charge is 2.21. The van der Waals surface area contributed by atoms with Gasteiger partial charge in [0, 0.05) is 16.0 Å². The fourth-order valence-corrected chi connectivity index (χ4v) is 4.12. The van der Waals surface area contributed by atoms with E-state index >= 15 is 0 Å². The maximum atomic E-state index is 13.4. The number of hydrogen-bond donors (Lipinski definition) is 0. The van der Waals surface area contributed by atoms with Crippen LogP contribution in [0.3, 0.4) is 0 Å². The number of rotatable bonds is 11. The summed E-state index contributed by atoms with van der Waals surface area (Å²) in [6, 6.07) is 9.07. The van der Waals surface area contributed by atoms with Crippen molar-refractivity contribution in [2.75, 3.05) is 13.7 Å². The monoisotopic (exact) mass is 569 g/mol. The van der Waals surface area contributed by atoms with Gasteiger partial charge in [-0.05, 0) is 62.6 Å². The molecule has 0 aliphatic rings. The van der Waals surface area contributed by atoms with Crippen LogP contribution >= 0.6 is 15.9 Å². The van der Waals surface area contributed by atoms with Gasteiger partial charge in [0.05, 0.1) is 30.8 Å². The minimum atomic E-state index is -0.827. The third-order valence-corrected chi connectivity index (χ3v) is 6.35. The molecule has 3 rings (SSSR count). The van der Waals surface area contributed by atoms with E-state index in [2.05, 4.69) is 27.6 Å². The second-order valence-corrected chi connectivity index (χ2v) is 9.43. The number of allylic oxidation sites excluding steroid dienone is 1. The highest BCUT2D eigenvalue weighted by molar-refractivity contribution is 9.10. The van der Waals surface area contributed by atoms with Gasteiger partial charge in [-0.3, -0.25) is 4.79 Å². The fourth-order valence-electron chi connectivity index (χ4n) is 3.76. The van der Waals surface area contributed by atoms with Gasteiger partial charge >= 0.3 is 5.97 Å². The lowest BCUT2D eigenvalue weighted by atomic mass is 10.1. The second-order valence-electron chi connectivity index (χ2n) is 8.52. The molecule has 0 unspecified atom stereocenters. The Hall–Kier alpha value is -3.46. The van der Waals surface area contributed by atoms with Crippen LogP contribution < -0.4 is 15.0 Å². The Kier molecular flexibility index (Phi) is 9.63. The number of carbonyl (C=O) groups excluding carboxylic acids is 1. The summed E-state index contributed by atoms with van der Waals surface area (Å²) in [5.74, 6) is 0.996. The van der Waals surface area contributed by atoms with Gasteiger partial charge in [0.1, 0.15) is 5.82 Å². The Morgan fingerprint density at radius 3 is 2.65 bits per heavy atom. The average Bonchev–Trinajstić information content (AvgIpc) is 2.89. The molecule has 0 saturated carbocycles. The Balaban J connectivity index is 2.15. The predicted octanol–water partition coefficient (Wildman–Crippen LogP) is 5.62. The van der Waals surface area contributed by atoms with Crippen LogP contribution in [0.1, 0.15) is 57.0 Å². The number of carbonyl (C=O) groups is 1. The van der Waals surface area contributed by atoms with Crippen LogP contribution in [0.25, 0.3) is 10.9 Å². The molecular weight excluding hydrogens is 538 g/mol. The van der Waals surface area contributed by atoms with Crippen molar-refractivity contribution in [3.05, 3.63) is 74.8 Å². The fraction of sp³-hybridized carbons (Fsp3) is 0.357. The van der Waals surface area contributed by atoms with E-state index in [-0.39, 0.29) is 11.5 Å². The van der Waals surface area contributed by atoms with E-state index in [9.17, 15) is 9.59 Å². The van der Waals surface area contributed by atoms with E-state index in [1.54, 1.807) is 31.3 Å². The first-order valence-electron chi connectivity index (χ1n) is 12.2. The summed E-state index contributed by atoms with van der Waals surface area (Å²) >= 11 is 3.43. The summed E-state index contributed by atoms with van der Waals surface area (Å²) in [5, 5.41) is 5.04. The first-order valence-corrected chi connectivity index (χ1v) is 12.9. The standard InChI is InChI=1S/C28H32BrN3O5/c1-7-10-20-13-19(14-24(36-9-3)25(20)37-18(5)28(34)35-6)16-30-32-26(17(4)8-2)31-23-12-11-21(29)15-22(23)27(32)33/h7,11-18H,1,8-10H2,2-6H3/t17-,18+/m0/s1. The van der Waals surface area contributed by atoms with Crippen molar-refractivity contribution in [2.45, 2.75) is 52.6 Å². The summed E-state index contributed by atoms with van der Waals surface area (Å²) in [6.07, 6.45) is 3.77. The van der Waals surface area contributed by atoms with Crippen molar-refractivity contribution in [1.82, 2.24) is 9.66 Å². The van der Waals surface area contributed by atoms with Crippen LogP contribution in [-0.2, 0) is 16.0 Å². The van der Waals surface area contributed by atoms with Gasteiger partial charge in [-0.25, -0.2) is 9.78 Å². The van der Waals surface area contributed by atoms with Crippen molar-refractivity contribution in [3.8, 4) is 11.5 Å². The summed E-state index contributed by atoms with van der Waals surface area (Å²) in [7, 11) is 1.31. The topological polar surface area (TPSA) is 92.0 Å². The number of hydrogen-bond acceptors (Lipinski definition) is 7. The average molecular weight is 570 g/mol. The Bertz CT molecular complexity index is 1380. The normalized spacial score (nSPS) is 12.9. The molecule has 0 saturated heterocycles. The van der Waals surface area contributed by atoms with E-state index < -0.39 is 12.1 Å². The summed E-state index contributed by atoms with van der Waals surface area (Å²) in [6.45, 7) is 11.8. The summed E-state index contributed by atoms with van der Waals surface area (Å²) in [5.41, 5.74) is 1.83. The molecule has 0 bridgehead atoms. The SMILES string of the molecule is C=CCc1cc(C=Nn2c([C@@H](C)CC)nc3ccc(Br)cc3c2=O)cc(OCC)c1O[C@H](C)C(=O)OC. The molecule has 2 atom stereocenters. The zero-order valence-corrected chi connectivity index (χ0v) is 23.4. The molecule has 2 aromatic carbocycles. The molecule has 0 amide bonds. The first-order chi connectivity index (χ1) is 17.7. The van der Waals surface area contributed by atoms with Gasteiger partial charge in [-0.15, -0.1) is 6.58 Å². The molecular formula is C28H32BrN3O5. The van der Waals surface area contributed by atoms with Gasteiger partial charge in [0.2, 0.25) is 0 Å². The number of fused-ring (bicyclic) bond motifs is 1. The van der Waals surface area contributed by atoms with Crippen LogP contribution in [-0.4, -0.2) is 41.7 Å². The van der Waals surface area contributed by atoms with E-state index in [0.29, 0.717) is 46.8 Å². The number of nitrogens with zero attached hydrogens (tertiary/aromatic N) is 3. The highest BCUT2D eigenvalue weighted by Crippen LogP contribution is 2.34. The Morgan fingerprint density at radius 2 is 2.00 bits per heavy atom. The zero-order chi connectivity index (χ0) is 27.1. The second kappa shape index (κ2) is 12.7. The Morgan fingerprint density at radius 1 is 1.24 bits per heavy atom. The lowest BCUT2D eigenvalue weighted by molar-refractivity contribution is -0.147. The molecule has 0 spiro atoms. The molecule has 0 fully saturated rings. The Labute approximate surface area is 225 Å². The largest absolute Gasteiger partial charge is 0.490 e. The first kappa shape index (κ1) is 28.1. The third-order valence-electron chi connectivity index (χ3n) is 5.85. The van der Waals surface area contributed by atoms with Crippen molar-refractivity contribution >= 4 is 39.0 Å². The van der Waals surface area contributed by atoms with E-state index in [0.717, 1.165) is 16.5 Å². The van der Waals surface area contributed by atoms with E-state index in [1.165, 1.54) is 11.8 Å². The van der Waals surface area contributed by atoms with Crippen LogP contribution in [0.5, 0.6) is 11.5 Å². The summed E-state index contributed by atoms with van der Waals surface area (Å²) < 4.78 is 18.7. The predicted molar refractivity (Wildman–Crippen MR) is 149 cm³/mol. The van der Waals surface area contributed by atoms with E-state index in [4.69, 9.17) is 19.2 Å². The molecule has 37 heavy (non-hydrogen) atoms. The minimum Gasteiger partial charge on any atom is -0.490 e. The van der Waals surface area contributed by atoms with Crippen LogP contribution in [0.4, 0.5) is 0 Å². The van der Waals surface area contributed by atoms with Gasteiger partial charge in [-0.2, -0.15) is 9.78 Å².